The number of hydrogen-bond acceptors (Lipinski definition) is 6. The molecule has 0 aromatic heterocycles. The van der Waals surface area contributed by atoms with Crippen molar-refractivity contribution in [3.63, 3.8) is 0 Å². The van der Waals surface area contributed by atoms with E-state index in [1.54, 1.807) is 25.1 Å². The third-order valence-corrected chi connectivity index (χ3v) is 6.70. The van der Waals surface area contributed by atoms with Gasteiger partial charge in [-0.05, 0) is 73.0 Å². The second kappa shape index (κ2) is 10.5. The SMILES string of the molecule is Cc1ccc(N2C(=O)C(=NNc3cccc(-c4cccc(OC(=O)O)c4)c3O)c3c(F)cc(C(F)(F)F)cc32)cc1C. The smallest absolute Gasteiger partial charge is 0.505 e. The van der Waals surface area contributed by atoms with Crippen LogP contribution in [0, 0.1) is 19.7 Å². The van der Waals surface area contributed by atoms with Crippen LogP contribution in [0.5, 0.6) is 11.5 Å². The molecule has 0 saturated carbocycles. The number of hydrogen-bond donors (Lipinski definition) is 3. The summed E-state index contributed by atoms with van der Waals surface area (Å²) < 4.78 is 60.7. The number of phenols is 1. The topological polar surface area (TPSA) is 111 Å². The van der Waals surface area contributed by atoms with Gasteiger partial charge in [-0.2, -0.15) is 18.3 Å². The summed E-state index contributed by atoms with van der Waals surface area (Å²) in [7, 11) is 0. The molecule has 1 heterocycles. The van der Waals surface area contributed by atoms with Gasteiger partial charge in [0.15, 0.2) is 5.71 Å². The average molecular weight is 580 g/mol. The van der Waals surface area contributed by atoms with Crippen molar-refractivity contribution < 1.29 is 42.1 Å². The lowest BCUT2D eigenvalue weighted by Gasteiger charge is -2.19. The number of carbonyl (C=O) groups excluding carboxylic acids is 1. The van der Waals surface area contributed by atoms with Crippen molar-refractivity contribution in [2.45, 2.75) is 20.0 Å². The number of halogens is 4. The first-order valence-electron chi connectivity index (χ1n) is 12.3. The number of fused-ring (bicyclic) bond motifs is 1. The molecule has 0 atom stereocenters. The van der Waals surface area contributed by atoms with Crippen LogP contribution in [0.1, 0.15) is 22.3 Å². The number of nitrogens with one attached hydrogen (secondary N) is 1. The molecule has 0 fully saturated rings. The maximum atomic E-state index is 15.3. The molecule has 4 aromatic rings. The maximum Gasteiger partial charge on any atom is 0.511 e. The number of aromatic hydroxyl groups is 1. The van der Waals surface area contributed by atoms with Crippen molar-refractivity contribution in [1.82, 2.24) is 0 Å². The molecule has 8 nitrogen and oxygen atoms in total. The Kier molecular flexibility index (Phi) is 7.07. The van der Waals surface area contributed by atoms with Gasteiger partial charge in [0, 0.05) is 11.3 Å². The predicted molar refractivity (Wildman–Crippen MR) is 147 cm³/mol. The number of alkyl halides is 3. The quantitative estimate of drug-likeness (QED) is 0.0748. The minimum atomic E-state index is -4.87. The lowest BCUT2D eigenvalue weighted by Crippen LogP contribution is -2.26. The van der Waals surface area contributed by atoms with E-state index in [1.165, 1.54) is 42.5 Å². The molecule has 12 heteroatoms. The lowest BCUT2D eigenvalue weighted by atomic mass is 10.0. The lowest BCUT2D eigenvalue weighted by molar-refractivity contribution is -0.137. The minimum absolute atomic E-state index is 0.00583. The van der Waals surface area contributed by atoms with Gasteiger partial charge in [-0.3, -0.25) is 15.1 Å². The Hall–Kier alpha value is -5.39. The van der Waals surface area contributed by atoms with E-state index in [9.17, 15) is 27.9 Å². The monoisotopic (exact) mass is 579 g/mol. The van der Waals surface area contributed by atoms with Crippen molar-refractivity contribution in [3.05, 3.63) is 101 Å². The number of rotatable bonds is 5. The number of benzene rings is 4. The molecule has 42 heavy (non-hydrogen) atoms. The standard InChI is InChI=1S/C30H21F4N3O5/c1-15-9-10-19(11-16(15)2)37-24-14-18(30(32,33)34)13-22(31)25(24)26(28(37)39)36-35-23-8-4-7-21(27(23)38)17-5-3-6-20(12-17)42-29(40)41/h3-14,35,38H,1-2H3,(H,40,41). The molecule has 214 valence electrons. The van der Waals surface area contributed by atoms with E-state index in [4.69, 9.17) is 5.11 Å². The Bertz CT molecular complexity index is 1790. The largest absolute Gasteiger partial charge is 0.511 e. The third-order valence-electron chi connectivity index (χ3n) is 6.70. The van der Waals surface area contributed by atoms with Crippen LogP contribution in [0.25, 0.3) is 11.1 Å². The molecule has 3 N–H and O–H groups in total. The number of hydrazone groups is 1. The Balaban J connectivity index is 1.58. The summed E-state index contributed by atoms with van der Waals surface area (Å²) >= 11 is 0. The van der Waals surface area contributed by atoms with Crippen molar-refractivity contribution >= 4 is 34.8 Å². The first-order valence-corrected chi connectivity index (χ1v) is 12.3. The van der Waals surface area contributed by atoms with Crippen LogP contribution in [0.4, 0.5) is 39.4 Å². The second-order valence-electron chi connectivity index (χ2n) is 9.43. The van der Waals surface area contributed by atoms with E-state index >= 15 is 4.39 Å². The Labute approximate surface area is 236 Å². The van der Waals surface area contributed by atoms with Crippen molar-refractivity contribution in [1.29, 1.82) is 0 Å². The average Bonchev–Trinajstić information content (AvgIpc) is 3.20. The maximum absolute atomic E-state index is 15.3. The van der Waals surface area contributed by atoms with Gasteiger partial charge in [0.05, 0.1) is 22.5 Å². The van der Waals surface area contributed by atoms with Crippen LogP contribution in [0.3, 0.4) is 0 Å². The summed E-state index contributed by atoms with van der Waals surface area (Å²) in [4.78, 5) is 25.4. The van der Waals surface area contributed by atoms with Gasteiger partial charge < -0.3 is 14.9 Å². The van der Waals surface area contributed by atoms with Gasteiger partial charge in [-0.25, -0.2) is 9.18 Å². The van der Waals surface area contributed by atoms with E-state index in [0.29, 0.717) is 17.7 Å². The molecule has 0 saturated heterocycles. The second-order valence-corrected chi connectivity index (χ2v) is 9.43. The fourth-order valence-corrected chi connectivity index (χ4v) is 4.52. The zero-order valence-electron chi connectivity index (χ0n) is 22.0. The van der Waals surface area contributed by atoms with E-state index in [1.807, 2.05) is 6.92 Å². The molecule has 1 amide bonds. The highest BCUT2D eigenvalue weighted by atomic mass is 19.4. The van der Waals surface area contributed by atoms with Crippen LogP contribution in [-0.2, 0) is 11.0 Å². The zero-order chi connectivity index (χ0) is 30.3. The number of amides is 1. The van der Waals surface area contributed by atoms with Crippen LogP contribution >= 0.6 is 0 Å². The van der Waals surface area contributed by atoms with E-state index in [-0.39, 0.29) is 34.1 Å². The highest BCUT2D eigenvalue weighted by Gasteiger charge is 2.41. The molecule has 0 aliphatic carbocycles. The predicted octanol–water partition coefficient (Wildman–Crippen LogP) is 7.39. The fourth-order valence-electron chi connectivity index (χ4n) is 4.52. The number of para-hydroxylation sites is 1. The molecule has 0 spiro atoms. The molecular formula is C30H21F4N3O5. The fraction of sp³-hybridized carbons (Fsp3) is 0.100. The summed E-state index contributed by atoms with van der Waals surface area (Å²) in [6.07, 6.45) is -6.39. The Morgan fingerprint density at radius 2 is 1.71 bits per heavy atom. The van der Waals surface area contributed by atoms with Gasteiger partial charge in [0.25, 0.3) is 5.91 Å². The number of carbonyl (C=O) groups is 2. The number of nitrogens with zero attached hydrogens (tertiary/aromatic N) is 2. The van der Waals surface area contributed by atoms with E-state index in [2.05, 4.69) is 15.3 Å². The number of ether oxygens (including phenoxy) is 1. The van der Waals surface area contributed by atoms with Gasteiger partial charge >= 0.3 is 12.3 Å². The molecular weight excluding hydrogens is 558 g/mol. The van der Waals surface area contributed by atoms with Crippen molar-refractivity contribution in [2.24, 2.45) is 5.10 Å². The van der Waals surface area contributed by atoms with Crippen LogP contribution < -0.4 is 15.1 Å². The first-order chi connectivity index (χ1) is 19.8. The minimum Gasteiger partial charge on any atom is -0.505 e. The Morgan fingerprint density at radius 3 is 2.40 bits per heavy atom. The molecule has 5 rings (SSSR count). The third kappa shape index (κ3) is 5.21. The molecule has 1 aliphatic heterocycles. The number of phenolic OH excluding ortho intramolecular Hbond substituents is 1. The van der Waals surface area contributed by atoms with Crippen LogP contribution in [0.2, 0.25) is 0 Å². The van der Waals surface area contributed by atoms with Gasteiger partial charge in [-0.1, -0.05) is 30.3 Å². The summed E-state index contributed by atoms with van der Waals surface area (Å²) in [6, 6.07) is 16.2. The molecule has 0 bridgehead atoms. The first kappa shape index (κ1) is 28.1. The molecule has 4 aromatic carbocycles. The normalized spacial score (nSPS) is 13.8. The molecule has 0 radical (unpaired) electrons. The van der Waals surface area contributed by atoms with Gasteiger partial charge in [0.1, 0.15) is 17.3 Å². The number of carboxylic acid groups (broad SMARTS) is 1. The highest BCUT2D eigenvalue weighted by molar-refractivity contribution is 6.55. The molecule has 0 unspecified atom stereocenters. The summed E-state index contributed by atoms with van der Waals surface area (Å²) in [5.41, 5.74) is 2.46. The summed E-state index contributed by atoms with van der Waals surface area (Å²) in [6.45, 7) is 3.59. The highest BCUT2D eigenvalue weighted by Crippen LogP contribution is 2.42. The van der Waals surface area contributed by atoms with Crippen LogP contribution in [-0.4, -0.2) is 28.0 Å². The van der Waals surface area contributed by atoms with E-state index < -0.39 is 40.9 Å². The number of aryl methyl sites for hydroxylation is 2. The number of anilines is 3. The van der Waals surface area contributed by atoms with Crippen LogP contribution in [0.15, 0.2) is 77.9 Å². The Morgan fingerprint density at radius 1 is 0.976 bits per heavy atom. The summed E-state index contributed by atoms with van der Waals surface area (Å²) in [5.74, 6) is -2.52. The summed E-state index contributed by atoms with van der Waals surface area (Å²) in [5, 5.41) is 23.8. The molecule has 1 aliphatic rings. The van der Waals surface area contributed by atoms with Crippen molar-refractivity contribution in [3.8, 4) is 22.6 Å². The van der Waals surface area contributed by atoms with E-state index in [0.717, 1.165) is 16.0 Å². The van der Waals surface area contributed by atoms with Gasteiger partial charge in [-0.15, -0.1) is 0 Å². The zero-order valence-corrected chi connectivity index (χ0v) is 22.0. The van der Waals surface area contributed by atoms with Crippen molar-refractivity contribution in [2.75, 3.05) is 10.3 Å². The van der Waals surface area contributed by atoms with Gasteiger partial charge in [0.2, 0.25) is 0 Å².